The predicted octanol–water partition coefficient (Wildman–Crippen LogP) is 3.07. The highest BCUT2D eigenvalue weighted by Gasteiger charge is 2.25. The number of aryl methyl sites for hydroxylation is 1. The number of hydrogen-bond acceptors (Lipinski definition) is 7. The molecule has 9 heteroatoms. The number of aromatic nitrogens is 4. The van der Waals surface area contributed by atoms with Crippen LogP contribution in [-0.4, -0.2) is 68.8 Å². The number of fused-ring (bicyclic) bond motifs is 1. The maximum atomic E-state index is 12.9. The monoisotopic (exact) mass is 422 g/mol. The summed E-state index contributed by atoms with van der Waals surface area (Å²) in [5.41, 5.74) is 1.40. The third-order valence-electron chi connectivity index (χ3n) is 5.41. The molecule has 0 spiro atoms. The molecule has 0 atom stereocenters. The molecule has 0 aliphatic carbocycles. The van der Waals surface area contributed by atoms with Crippen LogP contribution in [0.5, 0.6) is 0 Å². The zero-order valence-corrected chi connectivity index (χ0v) is 17.3. The molecular weight excluding hydrogens is 400 g/mol. The summed E-state index contributed by atoms with van der Waals surface area (Å²) in [7, 11) is 0. The smallest absolute Gasteiger partial charge is 0.275 e. The summed E-state index contributed by atoms with van der Waals surface area (Å²) < 4.78 is 5.37. The summed E-state index contributed by atoms with van der Waals surface area (Å²) in [6.07, 6.45) is 1.71. The van der Waals surface area contributed by atoms with Crippen LogP contribution in [0.1, 0.15) is 22.8 Å². The molecule has 0 unspecified atom stereocenters. The molecule has 0 bridgehead atoms. The van der Waals surface area contributed by atoms with Crippen molar-refractivity contribution >= 4 is 28.1 Å². The maximum Gasteiger partial charge on any atom is 0.275 e. The van der Waals surface area contributed by atoms with Crippen LogP contribution in [0, 0.1) is 0 Å². The van der Waals surface area contributed by atoms with Crippen LogP contribution < -0.4 is 0 Å². The number of hydrogen-bond donors (Lipinski definition) is 1. The Morgan fingerprint density at radius 2 is 2.00 bits per heavy atom. The topological polar surface area (TPSA) is 91.2 Å². The fourth-order valence-corrected chi connectivity index (χ4v) is 4.42. The Morgan fingerprint density at radius 1 is 1.13 bits per heavy atom. The molecule has 154 valence electrons. The molecule has 5 rings (SSSR count). The third kappa shape index (κ3) is 3.86. The van der Waals surface area contributed by atoms with E-state index in [1.807, 2.05) is 46.7 Å². The van der Waals surface area contributed by atoms with Gasteiger partial charge in [0, 0.05) is 38.0 Å². The van der Waals surface area contributed by atoms with Gasteiger partial charge in [-0.3, -0.25) is 14.8 Å². The molecule has 1 N–H and O–H groups in total. The minimum atomic E-state index is -0.000864. The van der Waals surface area contributed by atoms with E-state index >= 15 is 0 Å². The zero-order valence-electron chi connectivity index (χ0n) is 16.5. The summed E-state index contributed by atoms with van der Waals surface area (Å²) in [6.45, 7) is 4.09. The highest BCUT2D eigenvalue weighted by Crippen LogP contribution is 2.22. The maximum absolute atomic E-state index is 12.9. The minimum Gasteiger partial charge on any atom is -0.339 e. The summed E-state index contributed by atoms with van der Waals surface area (Å²) in [4.78, 5) is 22.6. The number of benzene rings is 1. The number of rotatable bonds is 6. The SMILES string of the molecule is O=C(c1n[nH]c2ccccc12)N1CCN(CCCc2nc(-c3cccs3)no2)CC1. The van der Waals surface area contributed by atoms with Crippen LogP contribution in [0.4, 0.5) is 0 Å². The molecule has 1 aromatic carbocycles. The molecule has 4 aromatic rings. The van der Waals surface area contributed by atoms with Crippen LogP contribution >= 0.6 is 11.3 Å². The number of nitrogens with one attached hydrogen (secondary N) is 1. The molecule has 1 aliphatic rings. The standard InChI is InChI=1S/C21H22N6O2S/c28-21(19-15-5-1-2-6-16(15)23-24-19)27-12-10-26(11-13-27)9-3-8-18-22-20(25-29-18)17-7-4-14-30-17/h1-2,4-7,14H,3,8-13H2,(H,23,24). The van der Waals surface area contributed by atoms with E-state index < -0.39 is 0 Å². The quantitative estimate of drug-likeness (QED) is 0.514. The van der Waals surface area contributed by atoms with Gasteiger partial charge in [-0.25, -0.2) is 0 Å². The Balaban J connectivity index is 1.10. The van der Waals surface area contributed by atoms with Crippen LogP contribution in [0.15, 0.2) is 46.3 Å². The Labute approximate surface area is 177 Å². The number of carbonyl (C=O) groups excluding carboxylic acids is 1. The number of nitrogens with zero attached hydrogens (tertiary/aromatic N) is 5. The second-order valence-corrected chi connectivity index (χ2v) is 8.29. The molecule has 1 saturated heterocycles. The Kier molecular flexibility index (Phi) is 5.29. The van der Waals surface area contributed by atoms with Crippen LogP contribution in [0.25, 0.3) is 21.6 Å². The fourth-order valence-electron chi connectivity index (χ4n) is 3.77. The molecule has 1 fully saturated rings. The van der Waals surface area contributed by atoms with E-state index in [1.54, 1.807) is 11.3 Å². The van der Waals surface area contributed by atoms with Crippen molar-refractivity contribution in [2.45, 2.75) is 12.8 Å². The third-order valence-corrected chi connectivity index (χ3v) is 6.27. The van der Waals surface area contributed by atoms with Gasteiger partial charge >= 0.3 is 0 Å². The largest absolute Gasteiger partial charge is 0.339 e. The van der Waals surface area contributed by atoms with E-state index in [-0.39, 0.29) is 5.91 Å². The van der Waals surface area contributed by atoms with Crippen LogP contribution in [0.3, 0.4) is 0 Å². The van der Waals surface area contributed by atoms with Crippen molar-refractivity contribution in [1.29, 1.82) is 0 Å². The van der Waals surface area contributed by atoms with Gasteiger partial charge in [-0.1, -0.05) is 29.4 Å². The van der Waals surface area contributed by atoms with E-state index in [9.17, 15) is 4.79 Å². The zero-order chi connectivity index (χ0) is 20.3. The molecule has 3 aromatic heterocycles. The number of amides is 1. The van der Waals surface area contributed by atoms with Gasteiger partial charge in [0.25, 0.3) is 5.91 Å². The van der Waals surface area contributed by atoms with Gasteiger partial charge in [0.15, 0.2) is 5.69 Å². The first-order valence-corrected chi connectivity index (χ1v) is 11.0. The molecule has 0 radical (unpaired) electrons. The number of carbonyl (C=O) groups is 1. The molecule has 8 nitrogen and oxygen atoms in total. The van der Waals surface area contributed by atoms with Crippen LogP contribution in [0.2, 0.25) is 0 Å². The summed E-state index contributed by atoms with van der Waals surface area (Å²) in [5.74, 6) is 1.34. The van der Waals surface area contributed by atoms with Crippen molar-refractivity contribution in [3.8, 4) is 10.7 Å². The second kappa shape index (κ2) is 8.37. The van der Waals surface area contributed by atoms with Crippen molar-refractivity contribution in [2.75, 3.05) is 32.7 Å². The molecule has 30 heavy (non-hydrogen) atoms. The first kappa shape index (κ1) is 19.0. The normalized spacial score (nSPS) is 15.1. The van der Waals surface area contributed by atoms with Crippen molar-refractivity contribution < 1.29 is 9.32 Å². The van der Waals surface area contributed by atoms with E-state index in [2.05, 4.69) is 25.2 Å². The van der Waals surface area contributed by atoms with Crippen molar-refractivity contribution in [3.05, 3.63) is 53.4 Å². The lowest BCUT2D eigenvalue weighted by atomic mass is 10.2. The van der Waals surface area contributed by atoms with Crippen LogP contribution in [-0.2, 0) is 6.42 Å². The minimum absolute atomic E-state index is 0.000864. The molecule has 1 aliphatic heterocycles. The Morgan fingerprint density at radius 3 is 2.83 bits per heavy atom. The first-order chi connectivity index (χ1) is 14.8. The highest BCUT2D eigenvalue weighted by molar-refractivity contribution is 7.13. The van der Waals surface area contributed by atoms with Crippen molar-refractivity contribution in [2.24, 2.45) is 0 Å². The summed E-state index contributed by atoms with van der Waals surface area (Å²) in [6, 6.07) is 11.7. The number of H-pyrrole nitrogens is 1. The predicted molar refractivity (Wildman–Crippen MR) is 114 cm³/mol. The molecule has 4 heterocycles. The number of aromatic amines is 1. The average Bonchev–Trinajstić information content (AvgIpc) is 3.54. The second-order valence-electron chi connectivity index (χ2n) is 7.34. The lowest BCUT2D eigenvalue weighted by molar-refractivity contribution is 0.0631. The molecule has 0 saturated carbocycles. The van der Waals surface area contributed by atoms with E-state index in [1.165, 1.54) is 0 Å². The molecular formula is C21H22N6O2S. The van der Waals surface area contributed by atoms with Gasteiger partial charge in [-0.05, 0) is 30.5 Å². The Hall–Kier alpha value is -3.04. The van der Waals surface area contributed by atoms with Crippen molar-refractivity contribution in [1.82, 2.24) is 30.1 Å². The lowest BCUT2D eigenvalue weighted by Crippen LogP contribution is -2.49. The highest BCUT2D eigenvalue weighted by atomic mass is 32.1. The van der Waals surface area contributed by atoms with Gasteiger partial charge in [-0.15, -0.1) is 11.3 Å². The van der Waals surface area contributed by atoms with E-state index in [0.29, 0.717) is 30.5 Å². The van der Waals surface area contributed by atoms with Gasteiger partial charge in [0.1, 0.15) is 0 Å². The number of piperazine rings is 1. The van der Waals surface area contributed by atoms with E-state index in [4.69, 9.17) is 4.52 Å². The van der Waals surface area contributed by atoms with Gasteiger partial charge in [0.2, 0.25) is 11.7 Å². The Bertz CT molecular complexity index is 1130. The van der Waals surface area contributed by atoms with E-state index in [0.717, 1.165) is 48.3 Å². The summed E-state index contributed by atoms with van der Waals surface area (Å²) >= 11 is 1.61. The fraction of sp³-hybridized carbons (Fsp3) is 0.333. The van der Waals surface area contributed by atoms with Crippen molar-refractivity contribution in [3.63, 3.8) is 0 Å². The van der Waals surface area contributed by atoms with Gasteiger partial charge in [-0.2, -0.15) is 10.1 Å². The van der Waals surface area contributed by atoms with Gasteiger partial charge in [0.05, 0.1) is 10.4 Å². The molecule has 1 amide bonds. The summed E-state index contributed by atoms with van der Waals surface area (Å²) in [5, 5.41) is 14.1. The number of thiophene rings is 1. The van der Waals surface area contributed by atoms with Gasteiger partial charge < -0.3 is 9.42 Å². The number of para-hydroxylation sites is 1. The first-order valence-electron chi connectivity index (χ1n) is 10.1. The lowest BCUT2D eigenvalue weighted by Gasteiger charge is -2.34. The average molecular weight is 423 g/mol.